The van der Waals surface area contributed by atoms with E-state index < -0.39 is 0 Å². The monoisotopic (exact) mass is 462 g/mol. The van der Waals surface area contributed by atoms with Gasteiger partial charge in [0.2, 0.25) is 0 Å². The van der Waals surface area contributed by atoms with Gasteiger partial charge in [-0.2, -0.15) is 0 Å². The van der Waals surface area contributed by atoms with Crippen LogP contribution in [0, 0.1) is 31.6 Å². The van der Waals surface area contributed by atoms with Crippen molar-refractivity contribution >= 4 is 6.08 Å². The predicted molar refractivity (Wildman–Crippen MR) is 155 cm³/mol. The second-order valence-electron chi connectivity index (χ2n) is 11.2. The van der Waals surface area contributed by atoms with E-state index in [9.17, 15) is 0 Å². The molecule has 2 saturated carbocycles. The average Bonchev–Trinajstić information content (AvgIpc) is 3.37. The van der Waals surface area contributed by atoms with Crippen molar-refractivity contribution in [3.63, 3.8) is 0 Å². The van der Waals surface area contributed by atoms with Gasteiger partial charge in [0.15, 0.2) is 0 Å². The number of aryl methyl sites for hydroxylation is 2. The third-order valence-corrected chi connectivity index (χ3v) is 8.23. The molecule has 0 bridgehead atoms. The molecule has 3 aliphatic rings. The summed E-state index contributed by atoms with van der Waals surface area (Å²) >= 11 is 0. The standard InChI is InChI=1S/C31H36.C4H6/c1-19-11-23(5)29(17-24-12-20(2)13-24)31(14-19)27-8-6-7-26-15-25(18-30(26)27)16-28-21(3)9-10-22(28)4;1-3-4-2/h6-8,11,14-15,20,24,28H,3-4,9-10,12-13,16-18H2,1-2,5H3;3-4H,1-2H2. The number of hydrogen-bond acceptors (Lipinski definition) is 0. The van der Waals surface area contributed by atoms with Gasteiger partial charge in [0.05, 0.1) is 0 Å². The molecule has 0 N–H and O–H groups in total. The van der Waals surface area contributed by atoms with E-state index in [0.29, 0.717) is 5.92 Å². The van der Waals surface area contributed by atoms with Crippen LogP contribution in [0.2, 0.25) is 0 Å². The number of fused-ring (bicyclic) bond motifs is 1. The molecule has 0 aliphatic heterocycles. The van der Waals surface area contributed by atoms with E-state index >= 15 is 0 Å². The molecule has 2 aromatic carbocycles. The van der Waals surface area contributed by atoms with Crippen LogP contribution in [0.4, 0.5) is 0 Å². The fourth-order valence-electron chi connectivity index (χ4n) is 6.36. The van der Waals surface area contributed by atoms with Crippen LogP contribution in [0.3, 0.4) is 0 Å². The summed E-state index contributed by atoms with van der Waals surface area (Å²) in [5, 5.41) is 0. The van der Waals surface area contributed by atoms with Crippen molar-refractivity contribution < 1.29 is 0 Å². The summed E-state index contributed by atoms with van der Waals surface area (Å²) in [6.45, 7) is 22.3. The topological polar surface area (TPSA) is 0 Å². The second-order valence-corrected chi connectivity index (χ2v) is 11.2. The molecule has 0 nitrogen and oxygen atoms in total. The Hall–Kier alpha value is -2.86. The van der Waals surface area contributed by atoms with Crippen LogP contribution < -0.4 is 0 Å². The van der Waals surface area contributed by atoms with Gasteiger partial charge >= 0.3 is 0 Å². The first kappa shape index (κ1) is 25.2. The van der Waals surface area contributed by atoms with Crippen LogP contribution in [0.1, 0.15) is 66.8 Å². The number of benzene rings is 2. The van der Waals surface area contributed by atoms with Gasteiger partial charge in [-0.1, -0.05) is 104 Å². The lowest BCUT2D eigenvalue weighted by Crippen LogP contribution is -2.23. The lowest BCUT2D eigenvalue weighted by atomic mass is 9.72. The lowest BCUT2D eigenvalue weighted by Gasteiger charge is -2.34. The predicted octanol–water partition coefficient (Wildman–Crippen LogP) is 9.77. The minimum atomic E-state index is 0.487. The molecule has 2 fully saturated rings. The van der Waals surface area contributed by atoms with Gasteiger partial charge in [0, 0.05) is 5.92 Å². The summed E-state index contributed by atoms with van der Waals surface area (Å²) < 4.78 is 0. The van der Waals surface area contributed by atoms with E-state index in [2.05, 4.69) is 83.5 Å². The number of rotatable bonds is 6. The zero-order valence-electron chi connectivity index (χ0n) is 22.1. The summed E-state index contributed by atoms with van der Waals surface area (Å²) in [7, 11) is 0. The van der Waals surface area contributed by atoms with Crippen molar-refractivity contribution in [1.29, 1.82) is 0 Å². The molecule has 0 spiro atoms. The highest BCUT2D eigenvalue weighted by Gasteiger charge is 2.29. The van der Waals surface area contributed by atoms with E-state index in [1.54, 1.807) is 23.3 Å². The van der Waals surface area contributed by atoms with Gasteiger partial charge in [0.25, 0.3) is 0 Å². The highest BCUT2D eigenvalue weighted by atomic mass is 14.3. The highest BCUT2D eigenvalue weighted by Crippen LogP contribution is 2.44. The molecule has 2 aromatic rings. The molecule has 0 heterocycles. The van der Waals surface area contributed by atoms with Crippen molar-refractivity contribution in [2.24, 2.45) is 17.8 Å². The molecule has 0 atom stereocenters. The largest absolute Gasteiger partial charge is 0.0992 e. The maximum Gasteiger partial charge on any atom is 0.00392 e. The van der Waals surface area contributed by atoms with E-state index in [0.717, 1.165) is 37.5 Å². The SMILES string of the molecule is C=C1CCC(=C)C1CC1=Cc2cccc(-c3cc(C)cc(C)c3CC3CC(C)C3)c2C1.C=CC=C. The van der Waals surface area contributed by atoms with Crippen LogP contribution in [0.5, 0.6) is 0 Å². The molecule has 0 amide bonds. The first-order valence-electron chi connectivity index (χ1n) is 13.3. The van der Waals surface area contributed by atoms with Gasteiger partial charge in [-0.05, 0) is 104 Å². The molecule has 0 radical (unpaired) electrons. The van der Waals surface area contributed by atoms with E-state index in [1.807, 2.05) is 0 Å². The molecular weight excluding hydrogens is 420 g/mol. The van der Waals surface area contributed by atoms with Crippen LogP contribution in [0.25, 0.3) is 17.2 Å². The Morgan fingerprint density at radius 3 is 2.23 bits per heavy atom. The molecule has 5 rings (SSSR count). The fourth-order valence-corrected chi connectivity index (χ4v) is 6.36. The highest BCUT2D eigenvalue weighted by molar-refractivity contribution is 5.80. The lowest BCUT2D eigenvalue weighted by molar-refractivity contribution is 0.211. The van der Waals surface area contributed by atoms with E-state index in [4.69, 9.17) is 0 Å². The van der Waals surface area contributed by atoms with Gasteiger partial charge in [-0.15, -0.1) is 0 Å². The van der Waals surface area contributed by atoms with E-state index in [-0.39, 0.29) is 0 Å². The van der Waals surface area contributed by atoms with Gasteiger partial charge in [0.1, 0.15) is 0 Å². The first-order valence-corrected chi connectivity index (χ1v) is 13.3. The maximum absolute atomic E-state index is 4.33. The van der Waals surface area contributed by atoms with Crippen molar-refractivity contribution in [3.8, 4) is 11.1 Å². The fraction of sp³-hybridized carbons (Fsp3) is 0.371. The third kappa shape index (κ3) is 5.53. The van der Waals surface area contributed by atoms with Crippen molar-refractivity contribution in [2.45, 2.75) is 65.7 Å². The van der Waals surface area contributed by atoms with Crippen LogP contribution in [-0.2, 0) is 12.8 Å². The smallest absolute Gasteiger partial charge is 0.00392 e. The number of hydrogen-bond donors (Lipinski definition) is 0. The van der Waals surface area contributed by atoms with Gasteiger partial charge < -0.3 is 0 Å². The summed E-state index contributed by atoms with van der Waals surface area (Å²) in [5.41, 5.74) is 14.6. The Balaban J connectivity index is 0.000000672. The van der Waals surface area contributed by atoms with Crippen molar-refractivity contribution in [1.82, 2.24) is 0 Å². The summed E-state index contributed by atoms with van der Waals surface area (Å²) in [6, 6.07) is 11.8. The molecule has 0 aromatic heterocycles. The quantitative estimate of drug-likeness (QED) is 0.296. The zero-order valence-corrected chi connectivity index (χ0v) is 22.1. The molecule has 0 unspecified atom stereocenters. The third-order valence-electron chi connectivity index (χ3n) is 8.23. The molecule has 35 heavy (non-hydrogen) atoms. The Labute approximate surface area is 213 Å². The Morgan fingerprint density at radius 2 is 1.60 bits per heavy atom. The normalized spacial score (nSPS) is 21.1. The Morgan fingerprint density at radius 1 is 0.914 bits per heavy atom. The summed E-state index contributed by atoms with van der Waals surface area (Å²) in [6.07, 6.45) is 14.2. The molecule has 3 aliphatic carbocycles. The summed E-state index contributed by atoms with van der Waals surface area (Å²) in [5.74, 6) is 2.26. The molecular formula is C35H42. The van der Waals surface area contributed by atoms with Crippen LogP contribution in [-0.4, -0.2) is 0 Å². The molecule has 182 valence electrons. The van der Waals surface area contributed by atoms with Crippen LogP contribution in [0.15, 0.2) is 85.5 Å². The average molecular weight is 463 g/mol. The minimum absolute atomic E-state index is 0.487. The van der Waals surface area contributed by atoms with Crippen LogP contribution >= 0.6 is 0 Å². The zero-order chi connectivity index (χ0) is 25.1. The van der Waals surface area contributed by atoms with E-state index in [1.165, 1.54) is 63.8 Å². The van der Waals surface area contributed by atoms with Crippen molar-refractivity contribution in [2.75, 3.05) is 0 Å². The number of allylic oxidation sites excluding steroid dienone is 5. The van der Waals surface area contributed by atoms with Gasteiger partial charge in [-0.3, -0.25) is 0 Å². The Bertz CT molecular complexity index is 1160. The summed E-state index contributed by atoms with van der Waals surface area (Å²) in [4.78, 5) is 0. The minimum Gasteiger partial charge on any atom is -0.0992 e. The van der Waals surface area contributed by atoms with Crippen molar-refractivity contribution in [3.05, 3.63) is 113 Å². The Kier molecular flexibility index (Phi) is 7.80. The molecule has 0 saturated heterocycles. The first-order chi connectivity index (χ1) is 16.8. The molecule has 0 heteroatoms. The maximum atomic E-state index is 4.33. The second kappa shape index (κ2) is 10.8. The van der Waals surface area contributed by atoms with Gasteiger partial charge in [-0.25, -0.2) is 0 Å².